The molecule has 2 heteroatoms. The summed E-state index contributed by atoms with van der Waals surface area (Å²) in [6.45, 7) is 2.21. The van der Waals surface area contributed by atoms with E-state index in [0.717, 1.165) is 12.2 Å². The van der Waals surface area contributed by atoms with E-state index in [4.69, 9.17) is 0 Å². The van der Waals surface area contributed by atoms with Gasteiger partial charge in [-0.05, 0) is 30.5 Å². The number of hydrogen-bond acceptors (Lipinski definition) is 2. The SMILES string of the molecule is CCCCc1ccnc(NC)c1. The number of pyridine rings is 1. The van der Waals surface area contributed by atoms with Gasteiger partial charge in [0, 0.05) is 13.2 Å². The first kappa shape index (κ1) is 9.04. The quantitative estimate of drug-likeness (QED) is 0.739. The fourth-order valence-corrected chi connectivity index (χ4v) is 1.15. The summed E-state index contributed by atoms with van der Waals surface area (Å²) < 4.78 is 0. The first-order valence-electron chi connectivity index (χ1n) is 4.49. The molecule has 0 spiro atoms. The van der Waals surface area contributed by atoms with E-state index in [1.165, 1.54) is 18.4 Å². The third-order valence-electron chi connectivity index (χ3n) is 1.90. The summed E-state index contributed by atoms with van der Waals surface area (Å²) in [7, 11) is 1.89. The first-order chi connectivity index (χ1) is 5.86. The number of unbranched alkanes of at least 4 members (excludes halogenated alkanes) is 1. The van der Waals surface area contributed by atoms with Gasteiger partial charge in [-0.1, -0.05) is 13.3 Å². The molecule has 0 saturated heterocycles. The minimum Gasteiger partial charge on any atom is -0.373 e. The maximum absolute atomic E-state index is 4.15. The maximum atomic E-state index is 4.15. The van der Waals surface area contributed by atoms with Gasteiger partial charge in [-0.2, -0.15) is 0 Å². The van der Waals surface area contributed by atoms with Crippen molar-refractivity contribution in [1.82, 2.24) is 4.98 Å². The van der Waals surface area contributed by atoms with Crippen molar-refractivity contribution in [2.24, 2.45) is 0 Å². The molecule has 0 amide bonds. The highest BCUT2D eigenvalue weighted by Gasteiger charge is 1.93. The van der Waals surface area contributed by atoms with Gasteiger partial charge in [-0.15, -0.1) is 0 Å². The molecule has 0 radical (unpaired) electrons. The Bertz CT molecular complexity index is 233. The largest absolute Gasteiger partial charge is 0.373 e. The molecule has 1 rings (SSSR count). The lowest BCUT2D eigenvalue weighted by atomic mass is 10.1. The summed E-state index contributed by atoms with van der Waals surface area (Å²) in [6, 6.07) is 4.19. The monoisotopic (exact) mass is 164 g/mol. The maximum Gasteiger partial charge on any atom is 0.125 e. The molecule has 1 aromatic rings. The predicted octanol–water partition coefficient (Wildman–Crippen LogP) is 2.47. The molecular weight excluding hydrogens is 148 g/mol. The average molecular weight is 164 g/mol. The second-order valence-corrected chi connectivity index (χ2v) is 2.90. The molecule has 0 unspecified atom stereocenters. The van der Waals surface area contributed by atoms with Gasteiger partial charge in [0.25, 0.3) is 0 Å². The summed E-state index contributed by atoms with van der Waals surface area (Å²) in [5.41, 5.74) is 1.37. The van der Waals surface area contributed by atoms with Gasteiger partial charge in [-0.3, -0.25) is 0 Å². The van der Waals surface area contributed by atoms with Crippen molar-refractivity contribution in [2.45, 2.75) is 26.2 Å². The van der Waals surface area contributed by atoms with Crippen LogP contribution in [-0.4, -0.2) is 12.0 Å². The highest BCUT2D eigenvalue weighted by atomic mass is 14.9. The van der Waals surface area contributed by atoms with Gasteiger partial charge in [0.05, 0.1) is 0 Å². The van der Waals surface area contributed by atoms with E-state index >= 15 is 0 Å². The second-order valence-electron chi connectivity index (χ2n) is 2.90. The Morgan fingerprint density at radius 2 is 2.33 bits per heavy atom. The van der Waals surface area contributed by atoms with Gasteiger partial charge in [0.15, 0.2) is 0 Å². The van der Waals surface area contributed by atoms with Crippen LogP contribution in [0.15, 0.2) is 18.3 Å². The summed E-state index contributed by atoms with van der Waals surface area (Å²) in [4.78, 5) is 4.15. The van der Waals surface area contributed by atoms with Crippen LogP contribution in [0.25, 0.3) is 0 Å². The molecule has 2 nitrogen and oxygen atoms in total. The van der Waals surface area contributed by atoms with Crippen molar-refractivity contribution in [3.05, 3.63) is 23.9 Å². The first-order valence-corrected chi connectivity index (χ1v) is 4.49. The molecule has 66 valence electrons. The van der Waals surface area contributed by atoms with Gasteiger partial charge in [-0.25, -0.2) is 4.98 Å². The molecule has 0 bridgehead atoms. The van der Waals surface area contributed by atoms with Gasteiger partial charge in [0.1, 0.15) is 5.82 Å². The number of nitrogens with zero attached hydrogens (tertiary/aromatic N) is 1. The van der Waals surface area contributed by atoms with Crippen LogP contribution in [-0.2, 0) is 6.42 Å². The van der Waals surface area contributed by atoms with E-state index < -0.39 is 0 Å². The molecule has 0 aliphatic carbocycles. The lowest BCUT2D eigenvalue weighted by molar-refractivity contribution is 0.794. The molecule has 0 aliphatic rings. The highest BCUT2D eigenvalue weighted by Crippen LogP contribution is 2.08. The number of aryl methyl sites for hydroxylation is 1. The summed E-state index contributed by atoms with van der Waals surface area (Å²) in [5.74, 6) is 0.962. The molecule has 0 fully saturated rings. The molecule has 1 N–H and O–H groups in total. The molecule has 0 atom stereocenters. The van der Waals surface area contributed by atoms with Gasteiger partial charge < -0.3 is 5.32 Å². The Balaban J connectivity index is 2.60. The van der Waals surface area contributed by atoms with Crippen molar-refractivity contribution in [2.75, 3.05) is 12.4 Å². The molecule has 1 aromatic heterocycles. The normalized spacial score (nSPS) is 9.83. The van der Waals surface area contributed by atoms with E-state index in [9.17, 15) is 0 Å². The van der Waals surface area contributed by atoms with Crippen molar-refractivity contribution in [3.8, 4) is 0 Å². The molecular formula is C10H16N2. The summed E-state index contributed by atoms with van der Waals surface area (Å²) in [5, 5.41) is 3.03. The van der Waals surface area contributed by atoms with Crippen LogP contribution < -0.4 is 5.32 Å². The topological polar surface area (TPSA) is 24.9 Å². The number of rotatable bonds is 4. The van der Waals surface area contributed by atoms with Crippen LogP contribution >= 0.6 is 0 Å². The molecule has 0 aromatic carbocycles. The Kier molecular flexibility index (Phi) is 3.58. The fourth-order valence-electron chi connectivity index (χ4n) is 1.15. The minimum absolute atomic E-state index is 0.962. The second kappa shape index (κ2) is 4.75. The van der Waals surface area contributed by atoms with Crippen LogP contribution in [0.5, 0.6) is 0 Å². The average Bonchev–Trinajstić information content (AvgIpc) is 2.15. The standard InChI is InChI=1S/C10H16N2/c1-3-4-5-9-6-7-12-10(8-9)11-2/h6-8H,3-5H2,1-2H3,(H,11,12). The number of hydrogen-bond donors (Lipinski definition) is 1. The Hall–Kier alpha value is -1.05. The zero-order valence-electron chi connectivity index (χ0n) is 7.80. The van der Waals surface area contributed by atoms with Crippen LogP contribution in [0, 0.1) is 0 Å². The fraction of sp³-hybridized carbons (Fsp3) is 0.500. The third-order valence-corrected chi connectivity index (χ3v) is 1.90. The van der Waals surface area contributed by atoms with E-state index in [2.05, 4.69) is 29.4 Å². The molecule has 0 aliphatic heterocycles. The van der Waals surface area contributed by atoms with Crippen LogP contribution in [0.4, 0.5) is 5.82 Å². The van der Waals surface area contributed by atoms with Crippen molar-refractivity contribution in [3.63, 3.8) is 0 Å². The highest BCUT2D eigenvalue weighted by molar-refractivity contribution is 5.36. The third kappa shape index (κ3) is 2.53. The van der Waals surface area contributed by atoms with Gasteiger partial charge in [0.2, 0.25) is 0 Å². The Morgan fingerprint density at radius 3 is 3.00 bits per heavy atom. The van der Waals surface area contributed by atoms with Crippen molar-refractivity contribution >= 4 is 5.82 Å². The van der Waals surface area contributed by atoms with E-state index in [1.807, 2.05) is 13.2 Å². The smallest absolute Gasteiger partial charge is 0.125 e. The Morgan fingerprint density at radius 1 is 1.50 bits per heavy atom. The lowest BCUT2D eigenvalue weighted by Gasteiger charge is -2.02. The minimum atomic E-state index is 0.962. The number of aromatic nitrogens is 1. The zero-order chi connectivity index (χ0) is 8.81. The summed E-state index contributed by atoms with van der Waals surface area (Å²) >= 11 is 0. The van der Waals surface area contributed by atoms with Crippen molar-refractivity contribution in [1.29, 1.82) is 0 Å². The number of nitrogens with one attached hydrogen (secondary N) is 1. The van der Waals surface area contributed by atoms with Crippen LogP contribution in [0.1, 0.15) is 25.3 Å². The van der Waals surface area contributed by atoms with E-state index in [1.54, 1.807) is 0 Å². The van der Waals surface area contributed by atoms with Crippen LogP contribution in [0.3, 0.4) is 0 Å². The molecule has 1 heterocycles. The molecule has 0 saturated carbocycles. The predicted molar refractivity (Wildman–Crippen MR) is 52.4 cm³/mol. The summed E-state index contributed by atoms with van der Waals surface area (Å²) in [6.07, 6.45) is 5.52. The zero-order valence-corrected chi connectivity index (χ0v) is 7.80. The Labute approximate surface area is 74.0 Å². The van der Waals surface area contributed by atoms with Crippen molar-refractivity contribution < 1.29 is 0 Å². The van der Waals surface area contributed by atoms with E-state index in [0.29, 0.717) is 0 Å². The number of anilines is 1. The lowest BCUT2D eigenvalue weighted by Crippen LogP contribution is -1.93. The van der Waals surface area contributed by atoms with E-state index in [-0.39, 0.29) is 0 Å². The molecule has 12 heavy (non-hydrogen) atoms. The van der Waals surface area contributed by atoms with Gasteiger partial charge >= 0.3 is 0 Å². The van der Waals surface area contributed by atoms with Crippen LogP contribution in [0.2, 0.25) is 0 Å².